The summed E-state index contributed by atoms with van der Waals surface area (Å²) in [6.45, 7) is 1.81. The Morgan fingerprint density at radius 1 is 0.865 bits per heavy atom. The van der Waals surface area contributed by atoms with E-state index in [1.165, 1.54) is 36.0 Å². The topological polar surface area (TPSA) is 58.1 Å². The van der Waals surface area contributed by atoms with Gasteiger partial charge >= 0.3 is 0 Å². The van der Waals surface area contributed by atoms with Crippen molar-refractivity contribution in [3.05, 3.63) is 113 Å². The van der Waals surface area contributed by atoms with E-state index in [4.69, 9.17) is 4.98 Å². The second-order valence-electron chi connectivity index (χ2n) is 9.37. The number of hydrogen-bond donors (Lipinski definition) is 1. The zero-order valence-corrected chi connectivity index (χ0v) is 20.4. The summed E-state index contributed by atoms with van der Waals surface area (Å²) in [6.07, 6.45) is 4.55. The highest BCUT2D eigenvalue weighted by Crippen LogP contribution is 2.28. The Morgan fingerprint density at radius 3 is 2.19 bits per heavy atom. The predicted molar refractivity (Wildman–Crippen MR) is 140 cm³/mol. The lowest BCUT2D eigenvalue weighted by Gasteiger charge is -2.34. The van der Waals surface area contributed by atoms with Crippen molar-refractivity contribution in [3.63, 3.8) is 0 Å². The molecule has 0 bridgehead atoms. The average molecular weight is 499 g/mol. The van der Waals surface area contributed by atoms with Crippen LogP contribution in [0.3, 0.4) is 0 Å². The Balaban J connectivity index is 1.36. The number of hydrogen-bond acceptors (Lipinski definition) is 4. The SMILES string of the molecule is O=C(NCc1ccc(F)cc1)c1cnc(-c2ccc(F)cc2)nc1N1CCC(Cc2ccccc2)CC1. The minimum atomic E-state index is -0.332. The van der Waals surface area contributed by atoms with Crippen LogP contribution in [0.5, 0.6) is 0 Å². The van der Waals surface area contributed by atoms with Crippen LogP contribution in [0.4, 0.5) is 14.6 Å². The highest BCUT2D eigenvalue weighted by molar-refractivity contribution is 5.98. The third kappa shape index (κ3) is 6.17. The van der Waals surface area contributed by atoms with E-state index in [2.05, 4.69) is 39.5 Å². The first kappa shape index (κ1) is 24.6. The summed E-state index contributed by atoms with van der Waals surface area (Å²) >= 11 is 0. The van der Waals surface area contributed by atoms with Crippen molar-refractivity contribution in [3.8, 4) is 11.4 Å². The molecule has 1 aromatic heterocycles. The van der Waals surface area contributed by atoms with Crippen molar-refractivity contribution in [2.45, 2.75) is 25.8 Å². The van der Waals surface area contributed by atoms with Gasteiger partial charge in [0.05, 0.1) is 0 Å². The molecule has 1 aliphatic heterocycles. The van der Waals surface area contributed by atoms with Crippen molar-refractivity contribution in [1.82, 2.24) is 15.3 Å². The highest BCUT2D eigenvalue weighted by Gasteiger charge is 2.25. The van der Waals surface area contributed by atoms with Crippen LogP contribution >= 0.6 is 0 Å². The Morgan fingerprint density at radius 2 is 1.51 bits per heavy atom. The normalized spacial score (nSPS) is 13.9. The maximum atomic E-state index is 13.5. The van der Waals surface area contributed by atoms with Gasteiger partial charge in [0.1, 0.15) is 23.0 Å². The standard InChI is InChI=1S/C30H28F2N4O/c31-25-10-6-23(7-11-25)19-34-30(37)27-20-33-28(24-8-12-26(32)13-9-24)35-29(27)36-16-14-22(15-17-36)18-21-4-2-1-3-5-21/h1-13,20,22H,14-19H2,(H,34,37). The third-order valence-corrected chi connectivity index (χ3v) is 6.76. The zero-order valence-electron chi connectivity index (χ0n) is 20.4. The number of carbonyl (C=O) groups excluding carboxylic acids is 1. The van der Waals surface area contributed by atoms with Gasteiger partial charge < -0.3 is 10.2 Å². The van der Waals surface area contributed by atoms with Gasteiger partial charge in [0, 0.05) is 31.4 Å². The van der Waals surface area contributed by atoms with Crippen molar-refractivity contribution in [2.24, 2.45) is 5.92 Å². The van der Waals surface area contributed by atoms with Crippen molar-refractivity contribution >= 4 is 11.7 Å². The molecule has 0 atom stereocenters. The number of halogens is 2. The Hall–Kier alpha value is -4.13. The molecule has 0 spiro atoms. The number of carbonyl (C=O) groups is 1. The number of nitrogens with zero attached hydrogens (tertiary/aromatic N) is 3. The lowest BCUT2D eigenvalue weighted by molar-refractivity contribution is 0.0950. The minimum Gasteiger partial charge on any atom is -0.356 e. The molecule has 1 amide bonds. The van der Waals surface area contributed by atoms with Gasteiger partial charge in [0.25, 0.3) is 5.91 Å². The van der Waals surface area contributed by atoms with Crippen LogP contribution in [0.1, 0.15) is 34.3 Å². The number of benzene rings is 3. The molecular formula is C30H28F2N4O. The molecule has 2 heterocycles. The number of piperidine rings is 1. The molecule has 0 saturated carbocycles. The smallest absolute Gasteiger partial charge is 0.256 e. The minimum absolute atomic E-state index is 0.261. The summed E-state index contributed by atoms with van der Waals surface area (Å²) < 4.78 is 26.7. The predicted octanol–water partition coefficient (Wildman–Crippen LogP) is 5.81. The number of aromatic nitrogens is 2. The summed E-state index contributed by atoms with van der Waals surface area (Å²) in [6, 6.07) is 22.5. The summed E-state index contributed by atoms with van der Waals surface area (Å²) in [4.78, 5) is 24.5. The number of amides is 1. The fourth-order valence-electron chi connectivity index (χ4n) is 4.69. The van der Waals surface area contributed by atoms with Crippen LogP contribution in [-0.4, -0.2) is 29.0 Å². The quantitative estimate of drug-likeness (QED) is 0.349. The van der Waals surface area contributed by atoms with Crippen LogP contribution in [0, 0.1) is 17.6 Å². The molecule has 0 unspecified atom stereocenters. The van der Waals surface area contributed by atoms with Crippen LogP contribution in [-0.2, 0) is 13.0 Å². The summed E-state index contributed by atoms with van der Waals surface area (Å²) in [5.41, 5.74) is 3.19. The first-order valence-corrected chi connectivity index (χ1v) is 12.5. The molecule has 5 nitrogen and oxygen atoms in total. The molecule has 3 aromatic carbocycles. The van der Waals surface area contributed by atoms with E-state index in [0.29, 0.717) is 28.7 Å². The molecule has 4 aromatic rings. The Bertz CT molecular complexity index is 1340. The largest absolute Gasteiger partial charge is 0.356 e. The van der Waals surface area contributed by atoms with E-state index in [9.17, 15) is 13.6 Å². The second-order valence-corrected chi connectivity index (χ2v) is 9.37. The first-order valence-electron chi connectivity index (χ1n) is 12.5. The van der Waals surface area contributed by atoms with E-state index < -0.39 is 0 Å². The van der Waals surface area contributed by atoms with Gasteiger partial charge in [0.15, 0.2) is 5.82 Å². The van der Waals surface area contributed by atoms with Gasteiger partial charge in [-0.05, 0) is 72.7 Å². The summed E-state index contributed by atoms with van der Waals surface area (Å²) in [7, 11) is 0. The molecule has 1 aliphatic rings. The van der Waals surface area contributed by atoms with Gasteiger partial charge in [-0.1, -0.05) is 42.5 Å². The number of anilines is 1. The molecule has 0 aliphatic carbocycles. The maximum Gasteiger partial charge on any atom is 0.256 e. The van der Waals surface area contributed by atoms with E-state index in [1.54, 1.807) is 24.3 Å². The monoisotopic (exact) mass is 498 g/mol. The first-order chi connectivity index (χ1) is 18.0. The Labute approximate surface area is 215 Å². The molecule has 7 heteroatoms. The maximum absolute atomic E-state index is 13.5. The van der Waals surface area contributed by atoms with Crippen LogP contribution in [0.15, 0.2) is 85.1 Å². The Kier molecular flexibility index (Phi) is 7.49. The van der Waals surface area contributed by atoms with Gasteiger partial charge in [-0.15, -0.1) is 0 Å². The molecule has 1 fully saturated rings. The highest BCUT2D eigenvalue weighted by atomic mass is 19.1. The summed E-state index contributed by atoms with van der Waals surface area (Å²) in [5.74, 6) is 0.629. The van der Waals surface area contributed by atoms with E-state index in [1.807, 2.05) is 6.07 Å². The van der Waals surface area contributed by atoms with Crippen LogP contribution < -0.4 is 10.2 Å². The summed E-state index contributed by atoms with van der Waals surface area (Å²) in [5, 5.41) is 2.90. The second kappa shape index (κ2) is 11.3. The molecule has 37 heavy (non-hydrogen) atoms. The molecule has 0 radical (unpaired) electrons. The third-order valence-electron chi connectivity index (χ3n) is 6.76. The molecule has 1 N–H and O–H groups in total. The van der Waals surface area contributed by atoms with Crippen molar-refractivity contribution in [2.75, 3.05) is 18.0 Å². The number of nitrogens with one attached hydrogen (secondary N) is 1. The van der Waals surface area contributed by atoms with E-state index >= 15 is 0 Å². The van der Waals surface area contributed by atoms with Gasteiger partial charge in [-0.25, -0.2) is 18.7 Å². The molecular weight excluding hydrogens is 470 g/mol. The van der Waals surface area contributed by atoms with Crippen LogP contribution in [0.25, 0.3) is 11.4 Å². The van der Waals surface area contributed by atoms with E-state index in [-0.39, 0.29) is 24.1 Å². The van der Waals surface area contributed by atoms with Crippen molar-refractivity contribution in [1.29, 1.82) is 0 Å². The molecule has 5 rings (SSSR count). The van der Waals surface area contributed by atoms with E-state index in [0.717, 1.165) is 37.9 Å². The fourth-order valence-corrected chi connectivity index (χ4v) is 4.69. The van der Waals surface area contributed by atoms with Gasteiger partial charge in [-0.2, -0.15) is 0 Å². The van der Waals surface area contributed by atoms with Gasteiger partial charge in [0.2, 0.25) is 0 Å². The zero-order chi connectivity index (χ0) is 25.6. The average Bonchev–Trinajstić information content (AvgIpc) is 2.94. The molecule has 188 valence electrons. The number of rotatable bonds is 7. The lowest BCUT2D eigenvalue weighted by atomic mass is 9.90. The molecule has 1 saturated heterocycles. The van der Waals surface area contributed by atoms with Crippen LogP contribution in [0.2, 0.25) is 0 Å². The van der Waals surface area contributed by atoms with Gasteiger partial charge in [-0.3, -0.25) is 4.79 Å². The van der Waals surface area contributed by atoms with Crippen molar-refractivity contribution < 1.29 is 13.6 Å². The lowest BCUT2D eigenvalue weighted by Crippen LogP contribution is -2.37. The fraction of sp³-hybridized carbons (Fsp3) is 0.233.